The van der Waals surface area contributed by atoms with Crippen LogP contribution in [0.4, 0.5) is 0 Å². The van der Waals surface area contributed by atoms with Gasteiger partial charge in [0.1, 0.15) is 0 Å². The molecule has 1 amide bonds. The summed E-state index contributed by atoms with van der Waals surface area (Å²) in [5, 5.41) is 11.0. The van der Waals surface area contributed by atoms with Gasteiger partial charge in [0.05, 0.1) is 25.5 Å². The molecule has 0 fully saturated rings. The molecule has 4 rings (SSSR count). The summed E-state index contributed by atoms with van der Waals surface area (Å²) < 4.78 is 7.05. The van der Waals surface area contributed by atoms with Crippen LogP contribution in [0.2, 0.25) is 0 Å². The molecular formula is C19H19N5O2. The summed E-state index contributed by atoms with van der Waals surface area (Å²) in [4.78, 5) is 16.9. The number of nitrogens with one attached hydrogen (secondary N) is 1. The molecule has 0 radical (unpaired) electrons. The highest BCUT2D eigenvalue weighted by atomic mass is 16.5. The number of hydrogen-bond donors (Lipinski definition) is 1. The summed E-state index contributed by atoms with van der Waals surface area (Å²) >= 11 is 0. The van der Waals surface area contributed by atoms with E-state index >= 15 is 0 Å². The summed E-state index contributed by atoms with van der Waals surface area (Å²) in [5.41, 5.74) is 2.65. The zero-order valence-electron chi connectivity index (χ0n) is 14.4. The molecule has 2 aromatic heterocycles. The van der Waals surface area contributed by atoms with E-state index in [1.807, 2.05) is 18.3 Å². The van der Waals surface area contributed by atoms with Crippen LogP contribution < -0.4 is 10.1 Å². The number of hydrogen-bond acceptors (Lipinski definition) is 5. The van der Waals surface area contributed by atoms with Crippen molar-refractivity contribution < 1.29 is 9.53 Å². The quantitative estimate of drug-likeness (QED) is 0.782. The van der Waals surface area contributed by atoms with Crippen LogP contribution in [0.3, 0.4) is 0 Å². The lowest BCUT2D eigenvalue weighted by atomic mass is 9.83. The fourth-order valence-corrected chi connectivity index (χ4v) is 3.47. The largest absolute Gasteiger partial charge is 0.480 e. The molecule has 132 valence electrons. The highest BCUT2D eigenvalue weighted by Crippen LogP contribution is 2.37. The number of carbonyl (C=O) groups is 1. The third-order valence-corrected chi connectivity index (χ3v) is 4.76. The summed E-state index contributed by atoms with van der Waals surface area (Å²) in [7, 11) is 1.51. The van der Waals surface area contributed by atoms with E-state index in [1.54, 1.807) is 24.7 Å². The Bertz CT molecular complexity index is 893. The predicted octanol–water partition coefficient (Wildman–Crippen LogP) is 2.34. The Morgan fingerprint density at radius 1 is 1.23 bits per heavy atom. The van der Waals surface area contributed by atoms with E-state index in [4.69, 9.17) is 4.74 Å². The zero-order chi connectivity index (χ0) is 17.9. The Kier molecular flexibility index (Phi) is 4.35. The normalized spacial score (nSPS) is 18.8. The van der Waals surface area contributed by atoms with Crippen LogP contribution in [0.5, 0.6) is 5.88 Å². The zero-order valence-corrected chi connectivity index (χ0v) is 14.4. The van der Waals surface area contributed by atoms with Crippen LogP contribution in [0.1, 0.15) is 40.1 Å². The van der Waals surface area contributed by atoms with Crippen molar-refractivity contribution in [2.24, 2.45) is 0 Å². The molecule has 0 aliphatic heterocycles. The lowest BCUT2D eigenvalue weighted by molar-refractivity contribution is 0.0911. The van der Waals surface area contributed by atoms with Gasteiger partial charge in [0.15, 0.2) is 5.69 Å². The van der Waals surface area contributed by atoms with Crippen molar-refractivity contribution in [3.05, 3.63) is 71.9 Å². The van der Waals surface area contributed by atoms with E-state index in [0.717, 1.165) is 18.4 Å². The van der Waals surface area contributed by atoms with Gasteiger partial charge in [0.2, 0.25) is 5.88 Å². The maximum absolute atomic E-state index is 12.8. The Morgan fingerprint density at radius 2 is 2.12 bits per heavy atom. The monoisotopic (exact) mass is 349 g/mol. The van der Waals surface area contributed by atoms with Gasteiger partial charge in [-0.2, -0.15) is 0 Å². The lowest BCUT2D eigenvalue weighted by Gasteiger charge is -2.34. The molecule has 1 N–H and O–H groups in total. The number of fused-ring (bicyclic) bond motifs is 1. The van der Waals surface area contributed by atoms with Gasteiger partial charge in [-0.15, -0.1) is 10.2 Å². The van der Waals surface area contributed by atoms with Crippen molar-refractivity contribution in [2.45, 2.75) is 24.9 Å². The molecule has 7 heteroatoms. The van der Waals surface area contributed by atoms with Crippen LogP contribution in [0.15, 0.2) is 55.1 Å². The second-order valence-electron chi connectivity index (χ2n) is 6.23. The summed E-state index contributed by atoms with van der Waals surface area (Å²) in [6.45, 7) is 0. The molecule has 1 aromatic carbocycles. The minimum Gasteiger partial charge on any atom is -0.480 e. The van der Waals surface area contributed by atoms with Crippen molar-refractivity contribution >= 4 is 5.91 Å². The van der Waals surface area contributed by atoms with Gasteiger partial charge in [0, 0.05) is 18.5 Å². The Labute approximate surface area is 151 Å². The number of aromatic nitrogens is 4. The second kappa shape index (κ2) is 6.95. The molecule has 0 spiro atoms. The number of nitrogens with zero attached hydrogens (tertiary/aromatic N) is 4. The number of amides is 1. The number of benzene rings is 1. The van der Waals surface area contributed by atoms with Crippen LogP contribution in [0, 0.1) is 0 Å². The van der Waals surface area contributed by atoms with E-state index in [1.165, 1.54) is 12.7 Å². The molecule has 7 nitrogen and oxygen atoms in total. The average molecular weight is 349 g/mol. The molecule has 3 aromatic rings. The van der Waals surface area contributed by atoms with Gasteiger partial charge >= 0.3 is 0 Å². The average Bonchev–Trinajstić information content (AvgIpc) is 3.23. The van der Waals surface area contributed by atoms with Gasteiger partial charge < -0.3 is 14.6 Å². The summed E-state index contributed by atoms with van der Waals surface area (Å²) in [6.07, 6.45) is 7.38. The fourth-order valence-electron chi connectivity index (χ4n) is 3.47. The van der Waals surface area contributed by atoms with Crippen LogP contribution in [-0.4, -0.2) is 32.8 Å². The second-order valence-corrected chi connectivity index (χ2v) is 6.23. The maximum Gasteiger partial charge on any atom is 0.272 e. The number of ether oxygens (including phenoxy) is 1. The summed E-state index contributed by atoms with van der Waals surface area (Å²) in [6, 6.07) is 11.4. The first-order valence-electron chi connectivity index (χ1n) is 8.50. The summed E-state index contributed by atoms with van der Waals surface area (Å²) in [5.74, 6) is 0.118. The predicted molar refractivity (Wildman–Crippen MR) is 94.8 cm³/mol. The molecule has 0 saturated heterocycles. The Morgan fingerprint density at radius 3 is 2.85 bits per heavy atom. The smallest absolute Gasteiger partial charge is 0.272 e. The number of imidazole rings is 1. The molecule has 2 heterocycles. The first kappa shape index (κ1) is 16.3. The van der Waals surface area contributed by atoms with Crippen LogP contribution in [-0.2, 0) is 6.42 Å². The minimum atomic E-state index is -0.257. The Hall–Kier alpha value is -3.22. The van der Waals surface area contributed by atoms with Crippen molar-refractivity contribution in [1.29, 1.82) is 0 Å². The van der Waals surface area contributed by atoms with E-state index in [0.29, 0.717) is 5.88 Å². The maximum atomic E-state index is 12.8. The van der Waals surface area contributed by atoms with Gasteiger partial charge in [-0.25, -0.2) is 4.98 Å². The standard InChI is InChI=1S/C19H19N5O2/c1-26-17-9-7-15(22-23-17)19(25)21-18-14-5-3-2-4-13(14)6-8-16(18)24-11-10-20-12-24/h2-5,7,9-12,16,18H,6,8H2,1H3,(H,21,25)/t16-,18-/m0/s1. The van der Waals surface area contributed by atoms with Gasteiger partial charge in [-0.3, -0.25) is 4.79 Å². The van der Waals surface area contributed by atoms with E-state index in [-0.39, 0.29) is 23.7 Å². The number of methoxy groups -OCH3 is 1. The molecule has 1 aliphatic rings. The van der Waals surface area contributed by atoms with Crippen molar-refractivity contribution in [3.8, 4) is 5.88 Å². The van der Waals surface area contributed by atoms with E-state index < -0.39 is 0 Å². The molecule has 2 atom stereocenters. The van der Waals surface area contributed by atoms with Gasteiger partial charge in [-0.1, -0.05) is 24.3 Å². The highest BCUT2D eigenvalue weighted by molar-refractivity contribution is 5.92. The lowest BCUT2D eigenvalue weighted by Crippen LogP contribution is -2.37. The molecular weight excluding hydrogens is 330 g/mol. The third kappa shape index (κ3) is 3.03. The number of rotatable bonds is 4. The molecule has 0 bridgehead atoms. The molecule has 0 saturated carbocycles. The number of aryl methyl sites for hydroxylation is 1. The first-order valence-corrected chi connectivity index (χ1v) is 8.50. The molecule has 0 unspecified atom stereocenters. The first-order chi connectivity index (χ1) is 12.8. The van der Waals surface area contributed by atoms with Crippen LogP contribution >= 0.6 is 0 Å². The van der Waals surface area contributed by atoms with Crippen molar-refractivity contribution in [3.63, 3.8) is 0 Å². The van der Waals surface area contributed by atoms with E-state index in [9.17, 15) is 4.79 Å². The number of carbonyl (C=O) groups excluding carboxylic acids is 1. The van der Waals surface area contributed by atoms with Crippen molar-refractivity contribution in [2.75, 3.05) is 7.11 Å². The fraction of sp³-hybridized carbons (Fsp3) is 0.263. The van der Waals surface area contributed by atoms with E-state index in [2.05, 4.69) is 37.2 Å². The minimum absolute atomic E-state index is 0.0996. The molecule has 26 heavy (non-hydrogen) atoms. The topological polar surface area (TPSA) is 81.9 Å². The molecule has 1 aliphatic carbocycles. The van der Waals surface area contributed by atoms with Gasteiger partial charge in [-0.05, 0) is 30.0 Å². The highest BCUT2D eigenvalue weighted by Gasteiger charge is 2.32. The Balaban J connectivity index is 1.64. The van der Waals surface area contributed by atoms with Crippen LogP contribution in [0.25, 0.3) is 0 Å². The third-order valence-electron chi connectivity index (χ3n) is 4.76. The SMILES string of the molecule is COc1ccc(C(=O)N[C@H]2c3ccccc3CC[C@@H]2n2ccnc2)nn1. The van der Waals surface area contributed by atoms with Gasteiger partial charge in [0.25, 0.3) is 5.91 Å². The van der Waals surface area contributed by atoms with Crippen molar-refractivity contribution in [1.82, 2.24) is 25.1 Å².